The number of carbonyl (C=O) groups excluding carboxylic acids is 1. The van der Waals surface area contributed by atoms with Gasteiger partial charge in [-0.1, -0.05) is 48.5 Å². The highest BCUT2D eigenvalue weighted by atomic mass is 16.1. The second-order valence-corrected chi connectivity index (χ2v) is 5.26. The Hall–Kier alpha value is -2.92. The summed E-state index contributed by atoms with van der Waals surface area (Å²) in [6.45, 7) is 0. The number of hydrogen-bond acceptors (Lipinski definition) is 2. The maximum absolute atomic E-state index is 12.1. The van der Waals surface area contributed by atoms with Gasteiger partial charge in [-0.05, 0) is 28.1 Å². The lowest BCUT2D eigenvalue weighted by Gasteiger charge is -2.10. The third kappa shape index (κ3) is 1.61. The van der Waals surface area contributed by atoms with Gasteiger partial charge in [0.15, 0.2) is 5.78 Å². The molecule has 3 aromatic rings. The lowest BCUT2D eigenvalue weighted by molar-refractivity contribution is 0.1000. The van der Waals surface area contributed by atoms with Crippen molar-refractivity contribution in [2.45, 2.75) is 6.42 Å². The van der Waals surface area contributed by atoms with Gasteiger partial charge in [-0.25, -0.2) is 0 Å². The van der Waals surface area contributed by atoms with Crippen LogP contribution in [0.2, 0.25) is 0 Å². The first-order valence-electron chi connectivity index (χ1n) is 6.87. The van der Waals surface area contributed by atoms with Crippen molar-refractivity contribution in [3.63, 3.8) is 0 Å². The van der Waals surface area contributed by atoms with E-state index in [1.807, 2.05) is 54.6 Å². The van der Waals surface area contributed by atoms with E-state index < -0.39 is 0 Å². The van der Waals surface area contributed by atoms with Crippen LogP contribution in [0.15, 0.2) is 54.6 Å². The molecule has 0 fully saturated rings. The van der Waals surface area contributed by atoms with E-state index in [-0.39, 0.29) is 5.78 Å². The van der Waals surface area contributed by atoms with E-state index in [0.717, 1.165) is 33.0 Å². The van der Waals surface area contributed by atoms with Crippen molar-refractivity contribution < 1.29 is 4.79 Å². The van der Waals surface area contributed by atoms with Crippen LogP contribution >= 0.6 is 0 Å². The third-order valence-electron chi connectivity index (χ3n) is 4.10. The van der Waals surface area contributed by atoms with Crippen LogP contribution in [-0.2, 0) is 6.42 Å². The number of nitrogens with zero attached hydrogens (tertiary/aromatic N) is 1. The minimum absolute atomic E-state index is 0.143. The van der Waals surface area contributed by atoms with Gasteiger partial charge >= 0.3 is 0 Å². The highest BCUT2D eigenvalue weighted by Gasteiger charge is 2.24. The Morgan fingerprint density at radius 1 is 0.857 bits per heavy atom. The third-order valence-corrected chi connectivity index (χ3v) is 4.10. The molecule has 2 nitrogen and oxygen atoms in total. The molecule has 0 spiro atoms. The van der Waals surface area contributed by atoms with Gasteiger partial charge in [-0.2, -0.15) is 5.26 Å². The molecule has 0 N–H and O–H groups in total. The molecule has 4 rings (SSSR count). The number of rotatable bonds is 1. The number of benzene rings is 3. The number of nitriles is 1. The molecule has 21 heavy (non-hydrogen) atoms. The molecule has 0 saturated carbocycles. The van der Waals surface area contributed by atoms with E-state index in [1.165, 1.54) is 0 Å². The summed E-state index contributed by atoms with van der Waals surface area (Å²) >= 11 is 0. The van der Waals surface area contributed by atoms with Crippen molar-refractivity contribution in [1.82, 2.24) is 0 Å². The zero-order valence-corrected chi connectivity index (χ0v) is 11.3. The van der Waals surface area contributed by atoms with Gasteiger partial charge in [0.1, 0.15) is 0 Å². The van der Waals surface area contributed by atoms with Gasteiger partial charge < -0.3 is 0 Å². The lowest BCUT2D eigenvalue weighted by atomic mass is 9.92. The van der Waals surface area contributed by atoms with Crippen molar-refractivity contribution in [1.29, 1.82) is 5.26 Å². The predicted molar refractivity (Wildman–Crippen MR) is 82.1 cm³/mol. The molecule has 0 amide bonds. The monoisotopic (exact) mass is 269 g/mol. The fourth-order valence-corrected chi connectivity index (χ4v) is 3.17. The lowest BCUT2D eigenvalue weighted by Crippen LogP contribution is -1.93. The Morgan fingerprint density at radius 2 is 1.62 bits per heavy atom. The maximum Gasteiger partial charge on any atom is 0.167 e. The quantitative estimate of drug-likeness (QED) is 0.666. The SMILES string of the molecule is N#Cc1ccc2c3c(ccc(-c4ccccc4)c13)C(=O)C2. The normalized spacial score (nSPS) is 12.6. The van der Waals surface area contributed by atoms with Crippen LogP contribution in [0, 0.1) is 11.3 Å². The van der Waals surface area contributed by atoms with E-state index in [4.69, 9.17) is 0 Å². The van der Waals surface area contributed by atoms with Gasteiger partial charge in [-0.15, -0.1) is 0 Å². The second-order valence-electron chi connectivity index (χ2n) is 5.26. The summed E-state index contributed by atoms with van der Waals surface area (Å²) in [4.78, 5) is 12.1. The summed E-state index contributed by atoms with van der Waals surface area (Å²) in [6.07, 6.45) is 0.440. The van der Waals surface area contributed by atoms with Gasteiger partial charge in [-0.3, -0.25) is 4.79 Å². The first kappa shape index (κ1) is 11.9. The highest BCUT2D eigenvalue weighted by Crippen LogP contribution is 2.38. The highest BCUT2D eigenvalue weighted by molar-refractivity contribution is 6.19. The molecule has 0 saturated heterocycles. The van der Waals surface area contributed by atoms with Crippen molar-refractivity contribution in [3.05, 3.63) is 71.3 Å². The zero-order chi connectivity index (χ0) is 14.4. The van der Waals surface area contributed by atoms with E-state index in [9.17, 15) is 10.1 Å². The first-order valence-corrected chi connectivity index (χ1v) is 6.87. The van der Waals surface area contributed by atoms with E-state index in [0.29, 0.717) is 12.0 Å². The van der Waals surface area contributed by atoms with Crippen molar-refractivity contribution in [2.75, 3.05) is 0 Å². The maximum atomic E-state index is 12.1. The Labute approximate surface area is 122 Å². The first-order chi connectivity index (χ1) is 10.3. The van der Waals surface area contributed by atoms with Crippen LogP contribution < -0.4 is 0 Å². The van der Waals surface area contributed by atoms with Crippen LogP contribution in [-0.4, -0.2) is 5.78 Å². The van der Waals surface area contributed by atoms with Crippen LogP contribution in [0.3, 0.4) is 0 Å². The molecular weight excluding hydrogens is 258 g/mol. The molecule has 3 aromatic carbocycles. The molecule has 0 unspecified atom stereocenters. The van der Waals surface area contributed by atoms with Gasteiger partial charge in [0.05, 0.1) is 11.6 Å². The van der Waals surface area contributed by atoms with Crippen LogP contribution in [0.1, 0.15) is 21.5 Å². The summed E-state index contributed by atoms with van der Waals surface area (Å²) in [5, 5.41) is 11.3. The average Bonchev–Trinajstić information content (AvgIpc) is 2.86. The molecule has 0 radical (unpaired) electrons. The molecule has 1 aliphatic rings. The molecule has 0 atom stereocenters. The fourth-order valence-electron chi connectivity index (χ4n) is 3.17. The summed E-state index contributed by atoms with van der Waals surface area (Å²) in [6, 6.07) is 19.8. The van der Waals surface area contributed by atoms with E-state index in [1.54, 1.807) is 0 Å². The molecule has 0 heterocycles. The molecule has 98 valence electrons. The van der Waals surface area contributed by atoms with Crippen LogP contribution in [0.4, 0.5) is 0 Å². The molecule has 0 aliphatic heterocycles. The van der Waals surface area contributed by atoms with Crippen molar-refractivity contribution in [2.24, 2.45) is 0 Å². The number of hydrogen-bond donors (Lipinski definition) is 0. The van der Waals surface area contributed by atoms with Gasteiger partial charge in [0.2, 0.25) is 0 Å². The summed E-state index contributed by atoms with van der Waals surface area (Å²) in [5.41, 5.74) is 4.49. The van der Waals surface area contributed by atoms with Gasteiger partial charge in [0, 0.05) is 17.4 Å². The second kappa shape index (κ2) is 4.29. The average molecular weight is 269 g/mol. The largest absolute Gasteiger partial charge is 0.294 e. The van der Waals surface area contributed by atoms with Crippen LogP contribution in [0.5, 0.6) is 0 Å². The van der Waals surface area contributed by atoms with E-state index in [2.05, 4.69) is 6.07 Å². The fraction of sp³-hybridized carbons (Fsp3) is 0.0526. The predicted octanol–water partition coefficient (Wildman–Crippen LogP) is 4.12. The van der Waals surface area contributed by atoms with Crippen LogP contribution in [0.25, 0.3) is 21.9 Å². The Morgan fingerprint density at radius 3 is 2.38 bits per heavy atom. The van der Waals surface area contributed by atoms with E-state index >= 15 is 0 Å². The summed E-state index contributed by atoms with van der Waals surface area (Å²) in [5.74, 6) is 0.143. The van der Waals surface area contributed by atoms with Crippen molar-refractivity contribution >= 4 is 16.6 Å². The van der Waals surface area contributed by atoms with Crippen molar-refractivity contribution in [3.8, 4) is 17.2 Å². The number of ketones is 1. The Kier molecular flexibility index (Phi) is 2.43. The molecule has 2 heteroatoms. The minimum atomic E-state index is 0.143. The van der Waals surface area contributed by atoms with Gasteiger partial charge in [0.25, 0.3) is 0 Å². The Bertz CT molecular complexity index is 933. The minimum Gasteiger partial charge on any atom is -0.294 e. The zero-order valence-electron chi connectivity index (χ0n) is 11.3. The number of carbonyl (C=O) groups is 1. The smallest absolute Gasteiger partial charge is 0.167 e. The molecule has 1 aliphatic carbocycles. The summed E-state index contributed by atoms with van der Waals surface area (Å²) in [7, 11) is 0. The summed E-state index contributed by atoms with van der Waals surface area (Å²) < 4.78 is 0. The standard InChI is InChI=1S/C19H11NO/c20-11-14-7-6-13-10-17(21)16-9-8-15(19(14)18(13)16)12-4-2-1-3-5-12/h1-9H,10H2. The molecular formula is C19H11NO. The molecule has 0 aromatic heterocycles. The Balaban J connectivity index is 2.19. The molecule has 0 bridgehead atoms. The number of Topliss-reactive ketones (excluding diaryl/α,β-unsaturated/α-hetero) is 1. The topological polar surface area (TPSA) is 40.9 Å².